The maximum Gasteiger partial charge on any atom is 0.131 e. The minimum Gasteiger partial charge on any atom is -0.488 e. The van der Waals surface area contributed by atoms with Gasteiger partial charge in [-0.1, -0.05) is 24.3 Å². The number of ether oxygens (including phenoxy) is 1. The molecule has 0 radical (unpaired) electrons. The standard InChI is InChI=1S/C17H16N2O/c1-12-10-17(15-4-2-3-5-16(15)19-12)20-11-13-6-8-14(18)9-7-13/h2-10H,11,18H2,1H3. The highest BCUT2D eigenvalue weighted by molar-refractivity contribution is 5.85. The average molecular weight is 264 g/mol. The van der Waals surface area contributed by atoms with Gasteiger partial charge in [0.1, 0.15) is 12.4 Å². The van der Waals surface area contributed by atoms with Gasteiger partial charge in [-0.05, 0) is 36.8 Å². The van der Waals surface area contributed by atoms with Crippen LogP contribution >= 0.6 is 0 Å². The molecule has 0 unspecified atom stereocenters. The Hall–Kier alpha value is -2.55. The van der Waals surface area contributed by atoms with E-state index in [9.17, 15) is 0 Å². The normalized spacial score (nSPS) is 10.7. The second-order valence-electron chi connectivity index (χ2n) is 4.81. The molecule has 0 aliphatic carbocycles. The monoisotopic (exact) mass is 264 g/mol. The molecule has 0 fully saturated rings. The van der Waals surface area contributed by atoms with Gasteiger partial charge in [-0.3, -0.25) is 4.98 Å². The fourth-order valence-corrected chi connectivity index (χ4v) is 2.16. The lowest BCUT2D eigenvalue weighted by Crippen LogP contribution is -1.98. The quantitative estimate of drug-likeness (QED) is 0.734. The van der Waals surface area contributed by atoms with Gasteiger partial charge in [0.05, 0.1) is 5.52 Å². The summed E-state index contributed by atoms with van der Waals surface area (Å²) in [7, 11) is 0. The Morgan fingerprint density at radius 2 is 1.80 bits per heavy atom. The van der Waals surface area contributed by atoms with Crippen molar-refractivity contribution in [1.29, 1.82) is 0 Å². The second-order valence-corrected chi connectivity index (χ2v) is 4.81. The Morgan fingerprint density at radius 1 is 1.05 bits per heavy atom. The SMILES string of the molecule is Cc1cc(OCc2ccc(N)cc2)c2ccccc2n1. The molecule has 0 bridgehead atoms. The smallest absolute Gasteiger partial charge is 0.131 e. The zero-order chi connectivity index (χ0) is 13.9. The number of rotatable bonds is 3. The van der Waals surface area contributed by atoms with E-state index in [0.29, 0.717) is 6.61 Å². The number of aryl methyl sites for hydroxylation is 1. The van der Waals surface area contributed by atoms with Gasteiger partial charge in [0.25, 0.3) is 0 Å². The summed E-state index contributed by atoms with van der Waals surface area (Å²) in [5.74, 6) is 0.866. The topological polar surface area (TPSA) is 48.1 Å². The number of nitrogens with zero attached hydrogens (tertiary/aromatic N) is 1. The molecule has 0 spiro atoms. The minimum atomic E-state index is 0.522. The van der Waals surface area contributed by atoms with Crippen LogP contribution in [-0.4, -0.2) is 4.98 Å². The summed E-state index contributed by atoms with van der Waals surface area (Å²) >= 11 is 0. The zero-order valence-electron chi connectivity index (χ0n) is 11.3. The second kappa shape index (κ2) is 5.21. The largest absolute Gasteiger partial charge is 0.488 e. The Balaban J connectivity index is 1.88. The zero-order valence-corrected chi connectivity index (χ0v) is 11.3. The molecule has 0 amide bonds. The molecule has 0 atom stereocenters. The molecular weight excluding hydrogens is 248 g/mol. The van der Waals surface area contributed by atoms with E-state index in [1.54, 1.807) is 0 Å². The molecule has 0 saturated heterocycles. The Labute approximate surface area is 118 Å². The van der Waals surface area contributed by atoms with Gasteiger partial charge in [0.2, 0.25) is 0 Å². The van der Waals surface area contributed by atoms with Crippen molar-refractivity contribution in [2.45, 2.75) is 13.5 Å². The van der Waals surface area contributed by atoms with Gasteiger partial charge < -0.3 is 10.5 Å². The van der Waals surface area contributed by atoms with Crippen LogP contribution in [0.2, 0.25) is 0 Å². The van der Waals surface area contributed by atoms with Crippen LogP contribution in [0.25, 0.3) is 10.9 Å². The Morgan fingerprint density at radius 3 is 2.60 bits per heavy atom. The van der Waals surface area contributed by atoms with Crippen LogP contribution in [0.5, 0.6) is 5.75 Å². The van der Waals surface area contributed by atoms with Crippen LogP contribution in [-0.2, 0) is 6.61 Å². The number of nitrogens with two attached hydrogens (primary N) is 1. The molecule has 2 aromatic carbocycles. The molecule has 3 nitrogen and oxygen atoms in total. The third-order valence-corrected chi connectivity index (χ3v) is 3.18. The molecule has 3 heteroatoms. The number of nitrogen functional groups attached to an aromatic ring is 1. The van der Waals surface area contributed by atoms with Crippen molar-refractivity contribution in [2.75, 3.05) is 5.73 Å². The van der Waals surface area contributed by atoms with Gasteiger partial charge >= 0.3 is 0 Å². The molecule has 3 aromatic rings. The van der Waals surface area contributed by atoms with E-state index in [-0.39, 0.29) is 0 Å². The van der Waals surface area contributed by atoms with E-state index < -0.39 is 0 Å². The van der Waals surface area contributed by atoms with E-state index in [1.807, 2.05) is 61.5 Å². The number of para-hydroxylation sites is 1. The maximum atomic E-state index is 5.95. The first kappa shape index (κ1) is 12.5. The van der Waals surface area contributed by atoms with Crippen molar-refractivity contribution < 1.29 is 4.74 Å². The predicted molar refractivity (Wildman–Crippen MR) is 81.7 cm³/mol. The van der Waals surface area contributed by atoms with Crippen LogP contribution in [0.4, 0.5) is 5.69 Å². The first-order valence-corrected chi connectivity index (χ1v) is 6.56. The lowest BCUT2D eigenvalue weighted by Gasteiger charge is -2.10. The van der Waals surface area contributed by atoms with E-state index in [4.69, 9.17) is 10.5 Å². The van der Waals surface area contributed by atoms with E-state index in [2.05, 4.69) is 4.98 Å². The highest BCUT2D eigenvalue weighted by Gasteiger charge is 2.05. The number of hydrogen-bond donors (Lipinski definition) is 1. The number of fused-ring (bicyclic) bond motifs is 1. The minimum absolute atomic E-state index is 0.522. The summed E-state index contributed by atoms with van der Waals surface area (Å²) in [4.78, 5) is 4.51. The lowest BCUT2D eigenvalue weighted by molar-refractivity contribution is 0.309. The maximum absolute atomic E-state index is 5.95. The lowest BCUT2D eigenvalue weighted by atomic mass is 10.2. The van der Waals surface area contributed by atoms with Crippen molar-refractivity contribution in [3.05, 3.63) is 65.9 Å². The fraction of sp³-hybridized carbons (Fsp3) is 0.118. The third-order valence-electron chi connectivity index (χ3n) is 3.18. The van der Waals surface area contributed by atoms with Gasteiger partial charge in [-0.25, -0.2) is 0 Å². The van der Waals surface area contributed by atoms with E-state index in [0.717, 1.165) is 33.6 Å². The average Bonchev–Trinajstić information content (AvgIpc) is 2.46. The fourth-order valence-electron chi connectivity index (χ4n) is 2.16. The van der Waals surface area contributed by atoms with Crippen molar-refractivity contribution in [3.63, 3.8) is 0 Å². The molecular formula is C17H16N2O. The molecule has 20 heavy (non-hydrogen) atoms. The van der Waals surface area contributed by atoms with Crippen molar-refractivity contribution in [3.8, 4) is 5.75 Å². The number of hydrogen-bond acceptors (Lipinski definition) is 3. The number of aromatic nitrogens is 1. The molecule has 100 valence electrons. The summed E-state index contributed by atoms with van der Waals surface area (Å²) in [5.41, 5.74) is 9.45. The van der Waals surface area contributed by atoms with Gasteiger partial charge in [0.15, 0.2) is 0 Å². The third kappa shape index (κ3) is 2.57. The predicted octanol–water partition coefficient (Wildman–Crippen LogP) is 3.70. The van der Waals surface area contributed by atoms with Crippen LogP contribution in [0.3, 0.4) is 0 Å². The first-order chi connectivity index (χ1) is 9.72. The summed E-state index contributed by atoms with van der Waals surface area (Å²) in [5, 5.41) is 1.04. The van der Waals surface area contributed by atoms with Crippen LogP contribution in [0.15, 0.2) is 54.6 Å². The Bertz CT molecular complexity index is 736. The Kier molecular flexibility index (Phi) is 3.25. The summed E-state index contributed by atoms with van der Waals surface area (Å²) in [6.07, 6.45) is 0. The number of pyridine rings is 1. The molecule has 1 aromatic heterocycles. The summed E-state index contributed by atoms with van der Waals surface area (Å²) < 4.78 is 5.95. The van der Waals surface area contributed by atoms with Crippen molar-refractivity contribution in [2.24, 2.45) is 0 Å². The molecule has 0 saturated carbocycles. The first-order valence-electron chi connectivity index (χ1n) is 6.56. The van der Waals surface area contributed by atoms with Crippen LogP contribution in [0.1, 0.15) is 11.3 Å². The molecule has 3 rings (SSSR count). The highest BCUT2D eigenvalue weighted by Crippen LogP contribution is 2.26. The van der Waals surface area contributed by atoms with Gasteiger partial charge in [0, 0.05) is 22.8 Å². The van der Waals surface area contributed by atoms with Gasteiger partial charge in [-0.2, -0.15) is 0 Å². The van der Waals surface area contributed by atoms with Crippen LogP contribution < -0.4 is 10.5 Å². The number of anilines is 1. The molecule has 0 aliphatic rings. The molecule has 2 N–H and O–H groups in total. The van der Waals surface area contributed by atoms with Crippen LogP contribution in [0, 0.1) is 6.92 Å². The van der Waals surface area contributed by atoms with Crippen molar-refractivity contribution >= 4 is 16.6 Å². The molecule has 1 heterocycles. The van der Waals surface area contributed by atoms with E-state index >= 15 is 0 Å². The highest BCUT2D eigenvalue weighted by atomic mass is 16.5. The summed E-state index contributed by atoms with van der Waals surface area (Å²) in [6, 6.07) is 17.7. The van der Waals surface area contributed by atoms with Gasteiger partial charge in [-0.15, -0.1) is 0 Å². The molecule has 0 aliphatic heterocycles. The van der Waals surface area contributed by atoms with Crippen molar-refractivity contribution in [1.82, 2.24) is 4.98 Å². The van der Waals surface area contributed by atoms with E-state index in [1.165, 1.54) is 0 Å². The number of benzene rings is 2. The summed E-state index contributed by atoms with van der Waals surface area (Å²) in [6.45, 7) is 2.50.